The highest BCUT2D eigenvalue weighted by atomic mass is 35.5. The lowest BCUT2D eigenvalue weighted by Gasteiger charge is -2.18. The maximum atomic E-state index is 12.4. The Morgan fingerprint density at radius 1 is 1.23 bits per heavy atom. The fraction of sp³-hybridized carbons (Fsp3) is 0.250. The van der Waals surface area contributed by atoms with Crippen molar-refractivity contribution in [1.29, 1.82) is 0 Å². The zero-order chi connectivity index (χ0) is 16.3. The van der Waals surface area contributed by atoms with Crippen LogP contribution in [0.15, 0.2) is 30.3 Å². The van der Waals surface area contributed by atoms with Crippen LogP contribution in [0, 0.1) is 0 Å². The quantitative estimate of drug-likeness (QED) is 0.778. The smallest absolute Gasteiger partial charge is 0.263 e. The number of rotatable bonds is 5. The molecule has 0 atom stereocenters. The lowest BCUT2D eigenvalue weighted by atomic mass is 10.2. The van der Waals surface area contributed by atoms with Gasteiger partial charge in [0.05, 0.1) is 16.9 Å². The van der Waals surface area contributed by atoms with E-state index in [1.54, 1.807) is 49.4 Å². The molecule has 0 fully saturated rings. The monoisotopic (exact) mass is 337 g/mol. The van der Waals surface area contributed by atoms with E-state index in [0.29, 0.717) is 27.1 Å². The molecule has 6 heteroatoms. The molecule has 0 unspecified atom stereocenters. The van der Waals surface area contributed by atoms with Crippen molar-refractivity contribution in [1.82, 2.24) is 4.90 Å². The topological polar surface area (TPSA) is 46.6 Å². The van der Waals surface area contributed by atoms with E-state index in [1.807, 2.05) is 0 Å². The van der Waals surface area contributed by atoms with E-state index >= 15 is 0 Å². The molecule has 0 saturated carbocycles. The fourth-order valence-electron chi connectivity index (χ4n) is 2.03. The van der Waals surface area contributed by atoms with Crippen molar-refractivity contribution in [2.75, 3.05) is 14.2 Å². The summed E-state index contributed by atoms with van der Waals surface area (Å²) < 4.78 is 5.28. The number of nitrogens with zero attached hydrogens (tertiary/aromatic N) is 1. The second-order valence-electron chi connectivity index (χ2n) is 4.84. The molecule has 2 rings (SSSR count). The van der Waals surface area contributed by atoms with Gasteiger partial charge in [0.1, 0.15) is 5.75 Å². The molecule has 1 amide bonds. The summed E-state index contributed by atoms with van der Waals surface area (Å²) in [4.78, 5) is 26.4. The summed E-state index contributed by atoms with van der Waals surface area (Å²) in [6.45, 7) is 1.86. The second-order valence-corrected chi connectivity index (χ2v) is 6.36. The van der Waals surface area contributed by atoms with Crippen LogP contribution < -0.4 is 4.74 Å². The molecule has 0 aliphatic heterocycles. The Morgan fingerprint density at radius 3 is 2.50 bits per heavy atom. The first kappa shape index (κ1) is 16.5. The van der Waals surface area contributed by atoms with Crippen LogP contribution in [-0.4, -0.2) is 30.7 Å². The van der Waals surface area contributed by atoms with Crippen molar-refractivity contribution >= 4 is 34.6 Å². The summed E-state index contributed by atoms with van der Waals surface area (Å²) in [6, 6.07) is 8.64. The molecule has 1 heterocycles. The van der Waals surface area contributed by atoms with Crippen LogP contribution in [0.3, 0.4) is 0 Å². The van der Waals surface area contributed by atoms with Crippen molar-refractivity contribution in [2.24, 2.45) is 0 Å². The van der Waals surface area contributed by atoms with Crippen LogP contribution in [0.1, 0.15) is 31.8 Å². The summed E-state index contributed by atoms with van der Waals surface area (Å²) in [5, 5.41) is 0.589. The van der Waals surface area contributed by atoms with Crippen molar-refractivity contribution in [3.8, 4) is 5.75 Å². The standard InChI is InChI=1S/C16H16ClNO3S/c1-10(19)14-6-7-15(22-14)16(20)18(2)9-11-8-12(17)4-5-13(11)21-3/h4-8H,9H2,1-3H3. The number of thiophene rings is 1. The van der Waals surface area contributed by atoms with Gasteiger partial charge in [-0.2, -0.15) is 0 Å². The number of halogens is 1. The van der Waals surface area contributed by atoms with E-state index in [4.69, 9.17) is 16.3 Å². The molecule has 1 aromatic carbocycles. The fourth-order valence-corrected chi connectivity index (χ4v) is 3.12. The molecule has 22 heavy (non-hydrogen) atoms. The Kier molecular flexibility index (Phi) is 5.21. The van der Waals surface area contributed by atoms with Gasteiger partial charge in [-0.25, -0.2) is 0 Å². The largest absolute Gasteiger partial charge is 0.496 e. The molecule has 1 aromatic heterocycles. The SMILES string of the molecule is COc1ccc(Cl)cc1CN(C)C(=O)c1ccc(C(C)=O)s1. The first-order valence-corrected chi connectivity index (χ1v) is 7.80. The Bertz CT molecular complexity index is 711. The van der Waals surface area contributed by atoms with Gasteiger partial charge in [-0.05, 0) is 37.3 Å². The Morgan fingerprint density at radius 2 is 1.91 bits per heavy atom. The first-order chi connectivity index (χ1) is 10.4. The first-order valence-electron chi connectivity index (χ1n) is 6.61. The van der Waals surface area contributed by atoms with Crippen molar-refractivity contribution in [3.05, 3.63) is 50.7 Å². The Labute approximate surface area is 138 Å². The highest BCUT2D eigenvalue weighted by Gasteiger charge is 2.17. The highest BCUT2D eigenvalue weighted by Crippen LogP contribution is 2.25. The van der Waals surface area contributed by atoms with Gasteiger partial charge in [0, 0.05) is 24.2 Å². The number of methoxy groups -OCH3 is 1. The molecule has 0 aliphatic rings. The van der Waals surface area contributed by atoms with E-state index in [1.165, 1.54) is 18.3 Å². The number of benzene rings is 1. The van der Waals surface area contributed by atoms with Crippen LogP contribution in [0.2, 0.25) is 5.02 Å². The number of ether oxygens (including phenoxy) is 1. The Balaban J connectivity index is 2.17. The van der Waals surface area contributed by atoms with E-state index in [2.05, 4.69) is 0 Å². The maximum Gasteiger partial charge on any atom is 0.263 e. The number of amides is 1. The summed E-state index contributed by atoms with van der Waals surface area (Å²) in [5.41, 5.74) is 0.828. The Hall–Kier alpha value is -1.85. The number of carbonyl (C=O) groups excluding carboxylic acids is 2. The number of ketones is 1. The molecule has 0 aliphatic carbocycles. The molecule has 0 spiro atoms. The van der Waals surface area contributed by atoms with Crippen LogP contribution in [0.4, 0.5) is 0 Å². The minimum Gasteiger partial charge on any atom is -0.496 e. The highest BCUT2D eigenvalue weighted by molar-refractivity contribution is 7.15. The van der Waals surface area contributed by atoms with Gasteiger partial charge in [-0.15, -0.1) is 11.3 Å². The third-order valence-corrected chi connectivity index (χ3v) is 4.57. The van der Waals surface area contributed by atoms with Gasteiger partial charge in [0.25, 0.3) is 5.91 Å². The van der Waals surface area contributed by atoms with Gasteiger partial charge in [0.15, 0.2) is 5.78 Å². The summed E-state index contributed by atoms with van der Waals surface area (Å²) in [5.74, 6) is 0.502. The van der Waals surface area contributed by atoms with Crippen LogP contribution in [-0.2, 0) is 6.54 Å². The van der Waals surface area contributed by atoms with Crippen molar-refractivity contribution in [2.45, 2.75) is 13.5 Å². The van der Waals surface area contributed by atoms with Crippen LogP contribution >= 0.6 is 22.9 Å². The average Bonchev–Trinajstić information content (AvgIpc) is 2.96. The van der Waals surface area contributed by atoms with Gasteiger partial charge in [-0.3, -0.25) is 9.59 Å². The molecule has 116 valence electrons. The molecular weight excluding hydrogens is 322 g/mol. The maximum absolute atomic E-state index is 12.4. The molecule has 0 radical (unpaired) electrons. The van der Waals surface area contributed by atoms with Crippen LogP contribution in [0.5, 0.6) is 5.75 Å². The van der Waals surface area contributed by atoms with Gasteiger partial charge in [0.2, 0.25) is 0 Å². The lowest BCUT2D eigenvalue weighted by Crippen LogP contribution is -2.25. The average molecular weight is 338 g/mol. The van der Waals surface area contributed by atoms with Gasteiger partial charge >= 0.3 is 0 Å². The summed E-state index contributed by atoms with van der Waals surface area (Å²) >= 11 is 7.20. The normalized spacial score (nSPS) is 10.4. The van der Waals surface area contributed by atoms with E-state index in [0.717, 1.165) is 5.56 Å². The third-order valence-electron chi connectivity index (χ3n) is 3.16. The minimum atomic E-state index is -0.139. The van der Waals surface area contributed by atoms with E-state index < -0.39 is 0 Å². The number of hydrogen-bond acceptors (Lipinski definition) is 4. The number of hydrogen-bond donors (Lipinski definition) is 0. The summed E-state index contributed by atoms with van der Waals surface area (Å²) in [7, 11) is 3.28. The zero-order valence-corrected chi connectivity index (χ0v) is 14.1. The van der Waals surface area contributed by atoms with Crippen molar-refractivity contribution < 1.29 is 14.3 Å². The number of Topliss-reactive ketones (excluding diaryl/α,β-unsaturated/α-hetero) is 1. The summed E-state index contributed by atoms with van der Waals surface area (Å²) in [6.07, 6.45) is 0. The minimum absolute atomic E-state index is 0.0387. The lowest BCUT2D eigenvalue weighted by molar-refractivity contribution is 0.0789. The third kappa shape index (κ3) is 3.67. The van der Waals surface area contributed by atoms with E-state index in [9.17, 15) is 9.59 Å². The van der Waals surface area contributed by atoms with Gasteiger partial charge in [-0.1, -0.05) is 11.6 Å². The molecule has 4 nitrogen and oxygen atoms in total. The molecule has 0 bridgehead atoms. The zero-order valence-electron chi connectivity index (χ0n) is 12.6. The number of carbonyl (C=O) groups is 2. The predicted molar refractivity (Wildman–Crippen MR) is 88.1 cm³/mol. The van der Waals surface area contributed by atoms with Crippen molar-refractivity contribution in [3.63, 3.8) is 0 Å². The molecule has 2 aromatic rings. The van der Waals surface area contributed by atoms with Gasteiger partial charge < -0.3 is 9.64 Å². The van der Waals surface area contributed by atoms with Crippen LogP contribution in [0.25, 0.3) is 0 Å². The molecule has 0 saturated heterocycles. The molecular formula is C16H16ClNO3S. The molecule has 0 N–H and O–H groups in total. The predicted octanol–water partition coefficient (Wildman–Crippen LogP) is 3.88. The van der Waals surface area contributed by atoms with E-state index in [-0.39, 0.29) is 11.7 Å². The second kappa shape index (κ2) is 6.94.